The summed E-state index contributed by atoms with van der Waals surface area (Å²) >= 11 is 0. The smallest absolute Gasteiger partial charge is 0.0000937 e. The summed E-state index contributed by atoms with van der Waals surface area (Å²) in [7, 11) is 0. The normalized spacial score (nSPS) is 14.0. The third-order valence-electron chi connectivity index (χ3n) is 31.5. The Labute approximate surface area is 824 Å². The molecule has 656 valence electrons. The van der Waals surface area contributed by atoms with Crippen molar-refractivity contribution in [2.24, 2.45) is 0 Å². The largest absolute Gasteiger partial charge is 0.0622 e. The first-order chi connectivity index (χ1) is 70.4. The van der Waals surface area contributed by atoms with Crippen molar-refractivity contribution in [2.75, 3.05) is 0 Å². The minimum absolute atomic E-state index is 1.27. The van der Waals surface area contributed by atoms with Gasteiger partial charge in [0, 0.05) is 0 Å². The van der Waals surface area contributed by atoms with Crippen molar-refractivity contribution < 1.29 is 0 Å². The molecule has 0 atom stereocenters. The summed E-state index contributed by atoms with van der Waals surface area (Å²) in [6.45, 7) is 4.58. The van der Waals surface area contributed by atoms with E-state index in [1.807, 2.05) is 0 Å². The van der Waals surface area contributed by atoms with E-state index in [0.29, 0.717) is 0 Å². The highest BCUT2D eigenvalue weighted by Crippen LogP contribution is 2.67. The highest BCUT2D eigenvalue weighted by molar-refractivity contribution is 6.44. The molecule has 0 N–H and O–H groups in total. The van der Waals surface area contributed by atoms with Crippen LogP contribution in [0.5, 0.6) is 0 Å². The van der Waals surface area contributed by atoms with Crippen molar-refractivity contribution in [3.8, 4) is 0 Å². The second kappa shape index (κ2) is 32.2. The predicted molar refractivity (Wildman–Crippen MR) is 606 cm³/mol. The van der Waals surface area contributed by atoms with Gasteiger partial charge in [-0.3, -0.25) is 0 Å². The van der Waals surface area contributed by atoms with E-state index < -0.39 is 0 Å². The lowest BCUT2D eigenvalue weighted by atomic mass is 9.87. The molecule has 0 radical (unpaired) electrons. The van der Waals surface area contributed by atoms with Gasteiger partial charge in [0.15, 0.2) is 0 Å². The second-order valence-electron chi connectivity index (χ2n) is 38.7. The number of fused-ring (bicyclic) bond motifs is 38. The van der Waals surface area contributed by atoms with E-state index in [9.17, 15) is 0 Å². The molecule has 0 heteroatoms. The van der Waals surface area contributed by atoms with Crippen LogP contribution in [0.25, 0.3) is 197 Å². The fourth-order valence-corrected chi connectivity index (χ4v) is 25.5. The Morgan fingerprint density at radius 3 is 0.570 bits per heavy atom. The molecule has 142 heavy (non-hydrogen) atoms. The summed E-state index contributed by atoms with van der Waals surface area (Å²) in [4.78, 5) is 0. The van der Waals surface area contributed by atoms with E-state index in [2.05, 4.69) is 511 Å². The minimum Gasteiger partial charge on any atom is -0.0622 e. The molecule has 0 fully saturated rings. The molecule has 0 spiro atoms. The first-order valence-electron chi connectivity index (χ1n) is 49.7. The number of hydrogen-bond donors (Lipinski definition) is 0. The summed E-state index contributed by atoms with van der Waals surface area (Å²) in [6, 6.07) is 183. The monoisotopic (exact) mass is 1790 g/mol. The van der Waals surface area contributed by atoms with Gasteiger partial charge < -0.3 is 0 Å². The van der Waals surface area contributed by atoms with Crippen LogP contribution < -0.4 is 0 Å². The van der Waals surface area contributed by atoms with Crippen molar-refractivity contribution in [3.05, 3.63) is 620 Å². The summed E-state index contributed by atoms with van der Waals surface area (Å²) in [5.41, 5.74) is 51.4. The van der Waals surface area contributed by atoms with Crippen LogP contribution in [0.4, 0.5) is 0 Å². The van der Waals surface area contributed by atoms with Crippen LogP contribution in [-0.4, -0.2) is 0 Å². The van der Waals surface area contributed by atoms with E-state index in [1.54, 1.807) is 0 Å². The summed E-state index contributed by atoms with van der Waals surface area (Å²) < 4.78 is 0. The van der Waals surface area contributed by atoms with Crippen molar-refractivity contribution >= 4 is 197 Å². The van der Waals surface area contributed by atoms with E-state index >= 15 is 0 Å². The van der Waals surface area contributed by atoms with Crippen molar-refractivity contribution in [3.63, 3.8) is 0 Å². The minimum atomic E-state index is 1.27. The fraction of sp³-hybridized carbons (Fsp3) is 0.0141. The molecule has 0 bridgehead atoms. The molecule has 8 aliphatic rings. The van der Waals surface area contributed by atoms with Gasteiger partial charge in [0.05, 0.1) is 0 Å². The zero-order valence-electron chi connectivity index (χ0n) is 78.3. The Hall–Kier alpha value is -18.2. The Kier molecular flexibility index (Phi) is 18.4. The Morgan fingerprint density at radius 2 is 0.289 bits per heavy atom. The van der Waals surface area contributed by atoms with Gasteiger partial charge in [0.1, 0.15) is 0 Å². The fourth-order valence-electron chi connectivity index (χ4n) is 25.5. The highest BCUT2D eigenvalue weighted by Gasteiger charge is 2.45. The topological polar surface area (TPSA) is 0 Å². The average Bonchev–Trinajstić information content (AvgIpc) is 1.51. The van der Waals surface area contributed by atoms with E-state index in [4.69, 9.17) is 0 Å². The standard InChI is InChI=1S/2C40H24.C36H22.C26H18/c1-2-14-28(15-3-1)35-33-23-21-26-12-5-8-18-30(26)36(33)40-38(32-20-10-16-25-11-4-7-17-29(25)32)34-24-22-27-13-6-9-19-31(27)37(34)39(35)40;1-2-13-28(14-3-1)35-33-22-20-26-11-6-8-16-31(26)37(33)40-36(30-19-18-25-10-4-5-15-29(25)24-30)34-23-21-27-12-7-9-17-32(27)38(34)39(35)40;1-3-13-25(14-4-1)31-29-21-19-23-11-7-9-17-27(23)33(29)36-32(26-15-5-2-6-16-26)30-22-20-24-12-8-10-18-28(24)34(30)35(31)36;1-15-19-13-11-17-7-3-5-9-21(17)25(19)24-16(2)20-14-12-18-8-4-6-10-22(18)26(20)23(15)24/h2*1-24H;1-22H;3-14H,1-2H3. The number of rotatable bonds is 6. The number of allylic oxidation sites excluding steroid dienone is 10. The molecule has 32 rings (SSSR count). The average molecular weight is 1790 g/mol. The summed E-state index contributed by atoms with van der Waals surface area (Å²) in [6.07, 6.45) is 0. The van der Waals surface area contributed by atoms with Crippen LogP contribution in [0, 0.1) is 0 Å². The maximum absolute atomic E-state index is 2.38. The molecular weight excluding hydrogens is 1710 g/mol. The molecule has 0 aliphatic heterocycles. The van der Waals surface area contributed by atoms with Gasteiger partial charge in [-0.25, -0.2) is 0 Å². The molecule has 8 aliphatic carbocycles. The lowest BCUT2D eigenvalue weighted by Gasteiger charge is -2.16. The third kappa shape index (κ3) is 12.1. The molecule has 0 amide bonds. The predicted octanol–water partition coefficient (Wildman–Crippen LogP) is 37.2. The van der Waals surface area contributed by atoms with Gasteiger partial charge in [0.25, 0.3) is 0 Å². The zero-order valence-corrected chi connectivity index (χ0v) is 78.3. The Morgan fingerprint density at radius 1 is 0.0986 bits per heavy atom. The zero-order chi connectivity index (χ0) is 93.5. The Bertz CT molecular complexity index is 9730. The molecule has 0 unspecified atom stereocenters. The molecule has 0 heterocycles. The van der Waals surface area contributed by atoms with Crippen molar-refractivity contribution in [1.82, 2.24) is 0 Å². The molecule has 24 aromatic rings. The highest BCUT2D eigenvalue weighted by atomic mass is 14.5. The van der Waals surface area contributed by atoms with Crippen LogP contribution in [-0.2, 0) is 0 Å². The van der Waals surface area contributed by atoms with Gasteiger partial charge in [-0.05, 0) is 339 Å². The third-order valence-corrected chi connectivity index (χ3v) is 31.5. The molecule has 0 saturated heterocycles. The second-order valence-corrected chi connectivity index (χ2v) is 38.7. The number of benzene rings is 24. The lowest BCUT2D eigenvalue weighted by Crippen LogP contribution is -1.95. The first kappa shape index (κ1) is 81.0. The van der Waals surface area contributed by atoms with Crippen LogP contribution in [0.1, 0.15) is 136 Å². The summed E-state index contributed by atoms with van der Waals surface area (Å²) in [5.74, 6) is 0. The van der Waals surface area contributed by atoms with Crippen LogP contribution in [0.15, 0.2) is 497 Å². The summed E-state index contributed by atoms with van der Waals surface area (Å²) in [5, 5.41) is 26.1. The van der Waals surface area contributed by atoms with E-state index in [0.717, 1.165) is 0 Å². The molecule has 24 aromatic carbocycles. The lowest BCUT2D eigenvalue weighted by molar-refractivity contribution is 1.55. The van der Waals surface area contributed by atoms with Crippen molar-refractivity contribution in [2.45, 2.75) is 13.8 Å². The van der Waals surface area contributed by atoms with Gasteiger partial charge in [-0.2, -0.15) is 0 Å². The number of hydrogen-bond acceptors (Lipinski definition) is 0. The van der Waals surface area contributed by atoms with Crippen LogP contribution >= 0.6 is 0 Å². The van der Waals surface area contributed by atoms with Gasteiger partial charge in [0.2, 0.25) is 0 Å². The van der Waals surface area contributed by atoms with Crippen LogP contribution in [0.2, 0.25) is 0 Å². The van der Waals surface area contributed by atoms with Crippen molar-refractivity contribution in [1.29, 1.82) is 0 Å². The molecular formula is C142H88. The van der Waals surface area contributed by atoms with Gasteiger partial charge >= 0.3 is 0 Å². The maximum atomic E-state index is 2.38. The molecule has 0 saturated carbocycles. The van der Waals surface area contributed by atoms with Crippen LogP contribution in [0.3, 0.4) is 0 Å². The van der Waals surface area contributed by atoms with Gasteiger partial charge in [-0.15, -0.1) is 0 Å². The quantitative estimate of drug-likeness (QED) is 0.156. The SMILES string of the molecule is CC1=C2C(=C(C)c3ccc4ccccc4c32)c2c1ccc1ccccc21.c1ccc(C2=C3C(=C(c4ccc5ccccc5c4)c4ccc5ccccc5c43)c3c2ccc2ccccc32)cc1.c1ccc(C2=C3C(=C(c4cccc5ccccc45)c4ccc5ccccc5c43)c3c2ccc2ccccc32)cc1.c1ccc(C2=C3C(=C(c4ccccc4)c4ccc5ccccc5c43)c3c2ccc2ccccc32)cc1. The Balaban J connectivity index is 0.0000000915. The first-order valence-corrected chi connectivity index (χ1v) is 49.7. The molecule has 0 aromatic heterocycles. The molecule has 0 nitrogen and oxygen atoms in total. The van der Waals surface area contributed by atoms with Gasteiger partial charge in [-0.1, -0.05) is 491 Å². The van der Waals surface area contributed by atoms with E-state index in [1.165, 1.54) is 319 Å². The maximum Gasteiger partial charge on any atom is -0.0000937 e. The van der Waals surface area contributed by atoms with E-state index in [-0.39, 0.29) is 0 Å².